The molecule has 3 heterocycles. The summed E-state index contributed by atoms with van der Waals surface area (Å²) in [6.07, 6.45) is 1.79. The number of carbonyl (C=O) groups is 2. The summed E-state index contributed by atoms with van der Waals surface area (Å²) in [4.78, 5) is 31.3. The number of aromatic nitrogens is 3. The van der Waals surface area contributed by atoms with Crippen molar-refractivity contribution in [3.63, 3.8) is 0 Å². The Balaban J connectivity index is 1.57. The lowest BCUT2D eigenvalue weighted by Crippen LogP contribution is -2.50. The normalized spacial score (nSPS) is 19.5. The second-order valence-electron chi connectivity index (χ2n) is 8.42. The molecule has 32 heavy (non-hydrogen) atoms. The van der Waals surface area contributed by atoms with Crippen molar-refractivity contribution in [3.8, 4) is 0 Å². The first kappa shape index (κ1) is 22.5. The molecule has 174 valence electrons. The average Bonchev–Trinajstić information content (AvgIpc) is 3.58. The summed E-state index contributed by atoms with van der Waals surface area (Å²) in [6, 6.07) is 4.04. The van der Waals surface area contributed by atoms with Crippen molar-refractivity contribution >= 4 is 23.0 Å². The average molecular weight is 445 g/mol. The summed E-state index contributed by atoms with van der Waals surface area (Å²) in [5, 5.41) is 11.8. The number of nitrogens with one attached hydrogen (secondary N) is 2. The van der Waals surface area contributed by atoms with Crippen molar-refractivity contribution in [3.05, 3.63) is 23.5 Å². The molecule has 2 unspecified atom stereocenters. The molecule has 2 amide bonds. The van der Waals surface area contributed by atoms with Crippen LogP contribution in [-0.2, 0) is 20.8 Å². The van der Waals surface area contributed by atoms with Crippen LogP contribution in [0.4, 0.5) is 4.79 Å². The minimum absolute atomic E-state index is 0.0252. The maximum atomic E-state index is 13.4. The summed E-state index contributed by atoms with van der Waals surface area (Å²) in [5.74, 6) is 0.0252. The third kappa shape index (κ3) is 4.86. The zero-order valence-corrected chi connectivity index (χ0v) is 19.0. The first-order valence-electron chi connectivity index (χ1n) is 11.3. The predicted molar refractivity (Wildman–Crippen MR) is 118 cm³/mol. The molecule has 2 aromatic rings. The lowest BCUT2D eigenvalue weighted by Gasteiger charge is -2.33. The standard InChI is InChI=1S/C22H32N6O4/c1-14-5-8-17-19(26-27(20(17)25-14)11-4-9-24-22(30)31-3)15(2)28(16-6-7-16)21(29)18-13-23-10-12-32-18/h5,8,15-16,18,23H,4,6-7,9-13H2,1-3H3,(H,24,30). The summed E-state index contributed by atoms with van der Waals surface area (Å²) < 4.78 is 12.2. The van der Waals surface area contributed by atoms with Crippen LogP contribution >= 0.6 is 0 Å². The number of alkyl carbamates (subject to hydrolysis) is 1. The molecule has 1 saturated heterocycles. The molecule has 2 atom stereocenters. The van der Waals surface area contributed by atoms with Gasteiger partial charge >= 0.3 is 6.09 Å². The van der Waals surface area contributed by atoms with Crippen LogP contribution in [0, 0.1) is 6.92 Å². The molecule has 10 nitrogen and oxygen atoms in total. The van der Waals surface area contributed by atoms with Gasteiger partial charge in [-0.2, -0.15) is 5.10 Å². The Labute approximate surface area is 187 Å². The van der Waals surface area contributed by atoms with Crippen LogP contribution < -0.4 is 10.6 Å². The SMILES string of the molecule is COC(=O)NCCCn1nc(C(C)N(C(=O)C2CNCCO2)C2CC2)c2ccc(C)nc21. The zero-order chi connectivity index (χ0) is 22.7. The lowest BCUT2D eigenvalue weighted by atomic mass is 10.1. The van der Waals surface area contributed by atoms with E-state index in [1.165, 1.54) is 7.11 Å². The van der Waals surface area contributed by atoms with E-state index in [0.29, 0.717) is 32.7 Å². The second-order valence-corrected chi connectivity index (χ2v) is 8.42. The minimum Gasteiger partial charge on any atom is -0.453 e. The maximum absolute atomic E-state index is 13.4. The zero-order valence-electron chi connectivity index (χ0n) is 19.0. The van der Waals surface area contributed by atoms with Gasteiger partial charge in [-0.3, -0.25) is 4.79 Å². The van der Waals surface area contributed by atoms with Crippen molar-refractivity contribution in [1.82, 2.24) is 30.3 Å². The summed E-state index contributed by atoms with van der Waals surface area (Å²) in [5.41, 5.74) is 2.54. The highest BCUT2D eigenvalue weighted by molar-refractivity contribution is 5.84. The monoisotopic (exact) mass is 444 g/mol. The van der Waals surface area contributed by atoms with Gasteiger partial charge in [-0.1, -0.05) is 0 Å². The van der Waals surface area contributed by atoms with Crippen LogP contribution in [-0.4, -0.2) is 77.2 Å². The van der Waals surface area contributed by atoms with Crippen LogP contribution in [0.5, 0.6) is 0 Å². The third-order valence-corrected chi connectivity index (χ3v) is 5.98. The lowest BCUT2D eigenvalue weighted by molar-refractivity contribution is -0.148. The largest absolute Gasteiger partial charge is 0.453 e. The molecule has 0 radical (unpaired) electrons. The molecule has 1 aliphatic carbocycles. The van der Waals surface area contributed by atoms with E-state index in [9.17, 15) is 9.59 Å². The molecule has 1 saturated carbocycles. The fraction of sp³-hybridized carbons (Fsp3) is 0.636. The quantitative estimate of drug-likeness (QED) is 0.594. The number of ether oxygens (including phenoxy) is 2. The molecule has 10 heteroatoms. The molecule has 0 spiro atoms. The Morgan fingerprint density at radius 3 is 2.91 bits per heavy atom. The molecule has 1 aliphatic heterocycles. The number of pyridine rings is 1. The van der Waals surface area contributed by atoms with Gasteiger partial charge in [0.05, 0.1) is 25.5 Å². The fourth-order valence-corrected chi connectivity index (χ4v) is 4.19. The summed E-state index contributed by atoms with van der Waals surface area (Å²) in [6.45, 7) is 6.92. The Bertz CT molecular complexity index is 967. The van der Waals surface area contributed by atoms with E-state index in [-0.39, 0.29) is 18.0 Å². The molecule has 2 fully saturated rings. The molecular weight excluding hydrogens is 412 g/mol. The molecule has 4 rings (SSSR count). The van der Waals surface area contributed by atoms with Crippen LogP contribution in [0.25, 0.3) is 11.0 Å². The number of amides is 2. The molecular formula is C22H32N6O4. The van der Waals surface area contributed by atoms with Crippen molar-refractivity contribution in [1.29, 1.82) is 0 Å². The Morgan fingerprint density at radius 2 is 2.22 bits per heavy atom. The molecule has 0 aromatic carbocycles. The fourth-order valence-electron chi connectivity index (χ4n) is 4.19. The molecule has 2 aromatic heterocycles. The Hall–Kier alpha value is -2.72. The van der Waals surface area contributed by atoms with Gasteiger partial charge in [-0.05, 0) is 45.2 Å². The molecule has 2 N–H and O–H groups in total. The van der Waals surface area contributed by atoms with Crippen molar-refractivity contribution in [2.75, 3.05) is 33.4 Å². The van der Waals surface area contributed by atoms with E-state index in [1.54, 1.807) is 0 Å². The van der Waals surface area contributed by atoms with Gasteiger partial charge < -0.3 is 25.0 Å². The highest BCUT2D eigenvalue weighted by atomic mass is 16.5. The number of carbonyl (C=O) groups excluding carboxylic acids is 2. The van der Waals surface area contributed by atoms with E-state index >= 15 is 0 Å². The number of hydrogen-bond donors (Lipinski definition) is 2. The second kappa shape index (κ2) is 9.83. The van der Waals surface area contributed by atoms with E-state index in [1.807, 2.05) is 35.6 Å². The topological polar surface area (TPSA) is 111 Å². The van der Waals surface area contributed by atoms with Crippen molar-refractivity contribution in [2.24, 2.45) is 0 Å². The number of rotatable bonds is 8. The van der Waals surface area contributed by atoms with Gasteiger partial charge in [0.1, 0.15) is 6.10 Å². The first-order chi connectivity index (χ1) is 15.5. The van der Waals surface area contributed by atoms with Crippen LogP contribution in [0.15, 0.2) is 12.1 Å². The summed E-state index contributed by atoms with van der Waals surface area (Å²) >= 11 is 0. The first-order valence-corrected chi connectivity index (χ1v) is 11.3. The number of hydrogen-bond acceptors (Lipinski definition) is 7. The third-order valence-electron chi connectivity index (χ3n) is 5.98. The van der Waals surface area contributed by atoms with E-state index < -0.39 is 12.2 Å². The number of morpholine rings is 1. The Kier molecular flexibility index (Phi) is 6.90. The van der Waals surface area contributed by atoms with Gasteiger partial charge in [0.25, 0.3) is 5.91 Å². The smallest absolute Gasteiger partial charge is 0.406 e. The van der Waals surface area contributed by atoms with Crippen LogP contribution in [0.1, 0.15) is 43.6 Å². The Morgan fingerprint density at radius 1 is 1.41 bits per heavy atom. The van der Waals surface area contributed by atoms with E-state index in [4.69, 9.17) is 14.8 Å². The molecule has 2 aliphatic rings. The summed E-state index contributed by atoms with van der Waals surface area (Å²) in [7, 11) is 1.35. The number of methoxy groups -OCH3 is 1. The van der Waals surface area contributed by atoms with Gasteiger partial charge in [0.2, 0.25) is 0 Å². The van der Waals surface area contributed by atoms with Gasteiger partial charge in [-0.15, -0.1) is 0 Å². The van der Waals surface area contributed by atoms with Gasteiger partial charge in [0.15, 0.2) is 5.65 Å². The van der Waals surface area contributed by atoms with Crippen molar-refractivity contribution < 1.29 is 19.1 Å². The highest BCUT2D eigenvalue weighted by Gasteiger charge is 2.41. The van der Waals surface area contributed by atoms with Gasteiger partial charge in [-0.25, -0.2) is 14.5 Å². The molecule has 0 bridgehead atoms. The predicted octanol–water partition coefficient (Wildman–Crippen LogP) is 1.53. The number of fused-ring (bicyclic) bond motifs is 1. The van der Waals surface area contributed by atoms with Crippen molar-refractivity contribution in [2.45, 2.75) is 57.8 Å². The van der Waals surface area contributed by atoms with E-state index in [2.05, 4.69) is 15.4 Å². The van der Waals surface area contributed by atoms with Crippen LogP contribution in [0.2, 0.25) is 0 Å². The van der Waals surface area contributed by atoms with E-state index in [0.717, 1.165) is 41.8 Å². The number of aryl methyl sites for hydroxylation is 2. The highest BCUT2D eigenvalue weighted by Crippen LogP contribution is 2.37. The van der Waals surface area contributed by atoms with Crippen LogP contribution in [0.3, 0.4) is 0 Å². The maximum Gasteiger partial charge on any atom is 0.406 e. The minimum atomic E-state index is -0.454. The van der Waals surface area contributed by atoms with Gasteiger partial charge in [0, 0.05) is 43.3 Å². The number of nitrogens with zero attached hydrogens (tertiary/aromatic N) is 4.